The summed E-state index contributed by atoms with van der Waals surface area (Å²) in [4.78, 5) is 26.4. The van der Waals surface area contributed by atoms with Gasteiger partial charge in [0, 0.05) is 0 Å². The van der Waals surface area contributed by atoms with Gasteiger partial charge in [-0.2, -0.15) is 0 Å². The number of methoxy groups -OCH3 is 1. The van der Waals surface area contributed by atoms with Crippen LogP contribution >= 0.6 is 0 Å². The number of hydrogen-bond donors (Lipinski definition) is 1. The van der Waals surface area contributed by atoms with Crippen molar-refractivity contribution >= 4 is 18.0 Å². The van der Waals surface area contributed by atoms with E-state index in [1.807, 2.05) is 62.4 Å². The smallest absolute Gasteiger partial charge is 0.329 e. The Bertz CT molecular complexity index is 1220. The van der Waals surface area contributed by atoms with E-state index in [1.54, 1.807) is 25.3 Å². The van der Waals surface area contributed by atoms with Gasteiger partial charge in [0.15, 0.2) is 11.5 Å². The molecule has 1 heterocycles. The fraction of sp³-hybridized carbons (Fsp3) is 0.185. The van der Waals surface area contributed by atoms with Gasteiger partial charge in [0.1, 0.15) is 12.3 Å². The summed E-state index contributed by atoms with van der Waals surface area (Å²) in [6, 6.07) is 20.8. The van der Waals surface area contributed by atoms with Crippen molar-refractivity contribution in [1.29, 1.82) is 0 Å². The van der Waals surface area contributed by atoms with E-state index in [0.717, 1.165) is 22.3 Å². The summed E-state index contributed by atoms with van der Waals surface area (Å²) in [5.41, 5.74) is 5.19. The zero-order valence-corrected chi connectivity index (χ0v) is 18.9. The van der Waals surface area contributed by atoms with E-state index in [1.165, 1.54) is 10.5 Å². The summed E-state index contributed by atoms with van der Waals surface area (Å²) in [6.45, 7) is 4.67. The second-order valence-corrected chi connectivity index (χ2v) is 8.05. The Morgan fingerprint density at radius 1 is 0.879 bits per heavy atom. The number of benzene rings is 3. The van der Waals surface area contributed by atoms with Crippen molar-refractivity contribution in [3.8, 4) is 11.5 Å². The van der Waals surface area contributed by atoms with Crippen LogP contribution in [0.15, 0.2) is 72.4 Å². The van der Waals surface area contributed by atoms with Crippen LogP contribution in [0.25, 0.3) is 6.08 Å². The van der Waals surface area contributed by atoms with Crippen molar-refractivity contribution in [2.24, 2.45) is 0 Å². The van der Waals surface area contributed by atoms with Crippen LogP contribution in [0.3, 0.4) is 0 Å². The second-order valence-electron chi connectivity index (χ2n) is 8.05. The average molecular weight is 443 g/mol. The molecule has 0 spiro atoms. The van der Waals surface area contributed by atoms with Gasteiger partial charge in [-0.1, -0.05) is 65.7 Å². The Morgan fingerprint density at radius 2 is 1.67 bits per heavy atom. The number of aryl methyl sites for hydroxylation is 2. The standard InChI is InChI=1S/C27H26N2O4/c1-18-7-9-20(10-8-18)16-29-26(30)23(28-27(29)31)14-21-11-12-24(25(15-21)32-3)33-17-22-6-4-5-19(2)13-22/h4-15H,16-17H2,1-3H3,(H,28,31)/b23-14+. The fourth-order valence-electron chi connectivity index (χ4n) is 3.61. The predicted molar refractivity (Wildman–Crippen MR) is 127 cm³/mol. The SMILES string of the molecule is COc1cc(/C=C2/NC(=O)N(Cc3ccc(C)cc3)C2=O)ccc1OCc1cccc(C)c1. The van der Waals surface area contributed by atoms with E-state index < -0.39 is 6.03 Å². The monoisotopic (exact) mass is 442 g/mol. The molecule has 1 N–H and O–H groups in total. The van der Waals surface area contributed by atoms with Crippen molar-refractivity contribution in [1.82, 2.24) is 10.2 Å². The Morgan fingerprint density at radius 3 is 2.39 bits per heavy atom. The first kappa shape index (κ1) is 22.1. The molecule has 0 saturated carbocycles. The summed E-state index contributed by atoms with van der Waals surface area (Å²) in [5, 5.41) is 2.66. The van der Waals surface area contributed by atoms with Crippen molar-refractivity contribution in [2.45, 2.75) is 27.0 Å². The van der Waals surface area contributed by atoms with Gasteiger partial charge in [0.2, 0.25) is 0 Å². The van der Waals surface area contributed by atoms with Crippen molar-refractivity contribution in [2.75, 3.05) is 7.11 Å². The first-order valence-electron chi connectivity index (χ1n) is 10.7. The highest BCUT2D eigenvalue weighted by atomic mass is 16.5. The Labute approximate surface area is 193 Å². The van der Waals surface area contributed by atoms with Gasteiger partial charge in [-0.15, -0.1) is 0 Å². The highest BCUT2D eigenvalue weighted by molar-refractivity contribution is 6.13. The first-order valence-corrected chi connectivity index (χ1v) is 10.7. The number of carbonyl (C=O) groups is 2. The van der Waals surface area contributed by atoms with Crippen molar-refractivity contribution in [3.63, 3.8) is 0 Å². The summed E-state index contributed by atoms with van der Waals surface area (Å²) in [7, 11) is 1.57. The van der Waals surface area contributed by atoms with Crippen LogP contribution in [-0.4, -0.2) is 23.9 Å². The van der Waals surface area contributed by atoms with Crippen LogP contribution < -0.4 is 14.8 Å². The number of nitrogens with one attached hydrogen (secondary N) is 1. The molecular formula is C27H26N2O4. The molecule has 3 aromatic carbocycles. The molecule has 4 rings (SSSR count). The molecule has 1 aliphatic heterocycles. The van der Waals surface area contributed by atoms with Crippen LogP contribution in [0, 0.1) is 13.8 Å². The lowest BCUT2D eigenvalue weighted by Gasteiger charge is -2.12. The quantitative estimate of drug-likeness (QED) is 0.414. The van der Waals surface area contributed by atoms with Crippen LogP contribution in [0.5, 0.6) is 11.5 Å². The molecule has 0 atom stereocenters. The van der Waals surface area contributed by atoms with E-state index in [0.29, 0.717) is 18.1 Å². The largest absolute Gasteiger partial charge is 0.493 e. The third-order valence-corrected chi connectivity index (χ3v) is 5.40. The molecule has 0 aliphatic carbocycles. The predicted octanol–water partition coefficient (Wildman–Crippen LogP) is 4.98. The lowest BCUT2D eigenvalue weighted by molar-refractivity contribution is -0.123. The van der Waals surface area contributed by atoms with Crippen LogP contribution in [0.4, 0.5) is 4.79 Å². The van der Waals surface area contributed by atoms with Gasteiger partial charge in [0.05, 0.1) is 13.7 Å². The van der Waals surface area contributed by atoms with Gasteiger partial charge in [-0.25, -0.2) is 4.79 Å². The summed E-state index contributed by atoms with van der Waals surface area (Å²) in [5.74, 6) is 0.786. The zero-order chi connectivity index (χ0) is 23.4. The maximum Gasteiger partial charge on any atom is 0.329 e. The molecule has 168 valence electrons. The van der Waals surface area contributed by atoms with Crippen molar-refractivity contribution in [3.05, 3.63) is 100 Å². The molecule has 1 saturated heterocycles. The Hall–Kier alpha value is -4.06. The van der Waals surface area contributed by atoms with E-state index in [-0.39, 0.29) is 18.1 Å². The maximum absolute atomic E-state index is 12.8. The lowest BCUT2D eigenvalue weighted by Crippen LogP contribution is -2.30. The third kappa shape index (κ3) is 5.23. The molecule has 0 aromatic heterocycles. The van der Waals surface area contributed by atoms with Gasteiger partial charge in [0.25, 0.3) is 5.91 Å². The van der Waals surface area contributed by atoms with E-state index in [9.17, 15) is 9.59 Å². The minimum absolute atomic E-state index is 0.220. The zero-order valence-electron chi connectivity index (χ0n) is 18.9. The minimum atomic E-state index is -0.433. The minimum Gasteiger partial charge on any atom is -0.493 e. The Kier molecular flexibility index (Phi) is 6.45. The summed E-state index contributed by atoms with van der Waals surface area (Å²) in [6.07, 6.45) is 1.64. The number of hydrogen-bond acceptors (Lipinski definition) is 4. The molecule has 0 bridgehead atoms. The summed E-state index contributed by atoms with van der Waals surface area (Å²) >= 11 is 0. The number of urea groups is 1. The molecule has 6 heteroatoms. The maximum atomic E-state index is 12.8. The molecule has 0 unspecified atom stereocenters. The van der Waals surface area contributed by atoms with Crippen LogP contribution in [-0.2, 0) is 17.9 Å². The molecule has 6 nitrogen and oxygen atoms in total. The molecule has 33 heavy (non-hydrogen) atoms. The van der Waals surface area contributed by atoms with E-state index in [2.05, 4.69) is 11.4 Å². The molecule has 3 amide bonds. The van der Waals surface area contributed by atoms with Crippen LogP contribution in [0.1, 0.15) is 27.8 Å². The normalized spacial score (nSPS) is 14.5. The van der Waals surface area contributed by atoms with Crippen LogP contribution in [0.2, 0.25) is 0 Å². The Balaban J connectivity index is 1.48. The number of nitrogens with zero attached hydrogens (tertiary/aromatic N) is 1. The molecule has 0 radical (unpaired) electrons. The number of carbonyl (C=O) groups excluding carboxylic acids is 2. The van der Waals surface area contributed by atoms with E-state index >= 15 is 0 Å². The number of imide groups is 1. The molecule has 1 fully saturated rings. The van der Waals surface area contributed by atoms with Gasteiger partial charge in [-0.3, -0.25) is 9.69 Å². The topological polar surface area (TPSA) is 67.9 Å². The van der Waals surface area contributed by atoms with Gasteiger partial charge in [-0.05, 0) is 48.7 Å². The summed E-state index contributed by atoms with van der Waals surface area (Å²) < 4.78 is 11.4. The van der Waals surface area contributed by atoms with Gasteiger partial charge < -0.3 is 14.8 Å². The molecular weight excluding hydrogens is 416 g/mol. The molecule has 3 aromatic rings. The number of rotatable bonds is 7. The third-order valence-electron chi connectivity index (χ3n) is 5.40. The first-order chi connectivity index (χ1) is 15.9. The highest BCUT2D eigenvalue weighted by Gasteiger charge is 2.33. The number of amides is 3. The lowest BCUT2D eigenvalue weighted by atomic mass is 10.1. The number of ether oxygens (including phenoxy) is 2. The average Bonchev–Trinajstić information content (AvgIpc) is 3.06. The van der Waals surface area contributed by atoms with Crippen molar-refractivity contribution < 1.29 is 19.1 Å². The fourth-order valence-corrected chi connectivity index (χ4v) is 3.61. The highest BCUT2D eigenvalue weighted by Crippen LogP contribution is 2.30. The van der Waals surface area contributed by atoms with Gasteiger partial charge >= 0.3 is 6.03 Å². The molecule has 1 aliphatic rings. The second kappa shape index (κ2) is 9.61. The van der Waals surface area contributed by atoms with E-state index in [4.69, 9.17) is 9.47 Å².